The standard InChI is InChI=1S/C33H37ClN2O2/c34-30-22-18-27(19-23-30)15-11-8-6-4-2-1-3-5-7-9-14-26-35-31-24-20-29(21-25-31)33(38)36-32(37)28-16-12-10-13-17-28/h10,12-13,16-25,35H,1-9,14,26H2,(H,36,37,38). The van der Waals surface area contributed by atoms with E-state index in [0.717, 1.165) is 35.7 Å². The average Bonchev–Trinajstić information content (AvgIpc) is 2.95. The van der Waals surface area contributed by atoms with E-state index in [1.165, 1.54) is 51.4 Å². The number of rotatable bonds is 14. The lowest BCUT2D eigenvalue weighted by Crippen LogP contribution is -2.30. The van der Waals surface area contributed by atoms with Gasteiger partial charge in [0, 0.05) is 40.4 Å². The number of hydrogen-bond donors (Lipinski definition) is 2. The molecule has 3 aromatic rings. The first-order chi connectivity index (χ1) is 18.6. The summed E-state index contributed by atoms with van der Waals surface area (Å²) in [6, 6.07) is 23.6. The van der Waals surface area contributed by atoms with Crippen LogP contribution >= 0.6 is 11.6 Å². The van der Waals surface area contributed by atoms with Gasteiger partial charge in [0.05, 0.1) is 0 Å². The molecule has 5 heteroatoms. The van der Waals surface area contributed by atoms with Gasteiger partial charge in [0.15, 0.2) is 0 Å². The molecule has 0 unspecified atom stereocenters. The Kier molecular flexibility index (Phi) is 13.0. The molecule has 198 valence electrons. The zero-order valence-corrected chi connectivity index (χ0v) is 22.7. The molecule has 0 aromatic heterocycles. The summed E-state index contributed by atoms with van der Waals surface area (Å²) in [6.07, 6.45) is 12.2. The second kappa shape index (κ2) is 17.1. The Morgan fingerprint density at radius 1 is 0.632 bits per heavy atom. The molecule has 0 fully saturated rings. The zero-order chi connectivity index (χ0) is 26.8. The van der Waals surface area contributed by atoms with Crippen molar-refractivity contribution in [3.63, 3.8) is 0 Å². The third-order valence-corrected chi connectivity index (χ3v) is 6.55. The predicted molar refractivity (Wildman–Crippen MR) is 158 cm³/mol. The van der Waals surface area contributed by atoms with Crippen molar-refractivity contribution in [3.8, 4) is 11.8 Å². The highest BCUT2D eigenvalue weighted by atomic mass is 35.5. The highest BCUT2D eigenvalue weighted by molar-refractivity contribution is 6.30. The lowest BCUT2D eigenvalue weighted by atomic mass is 10.1. The smallest absolute Gasteiger partial charge is 0.258 e. The van der Waals surface area contributed by atoms with Crippen molar-refractivity contribution in [2.45, 2.75) is 64.2 Å². The van der Waals surface area contributed by atoms with Crippen LogP contribution in [-0.4, -0.2) is 18.4 Å². The molecule has 4 nitrogen and oxygen atoms in total. The number of unbranched alkanes of at least 4 members (excludes halogenated alkanes) is 9. The van der Waals surface area contributed by atoms with Crippen LogP contribution in [0.15, 0.2) is 78.9 Å². The van der Waals surface area contributed by atoms with E-state index in [4.69, 9.17) is 11.6 Å². The molecule has 3 aromatic carbocycles. The van der Waals surface area contributed by atoms with E-state index in [0.29, 0.717) is 11.1 Å². The molecule has 0 spiro atoms. The van der Waals surface area contributed by atoms with Crippen LogP contribution in [0.3, 0.4) is 0 Å². The molecule has 0 aliphatic carbocycles. The van der Waals surface area contributed by atoms with Gasteiger partial charge in [-0.1, -0.05) is 86.6 Å². The number of imide groups is 1. The van der Waals surface area contributed by atoms with E-state index in [1.54, 1.807) is 36.4 Å². The maximum Gasteiger partial charge on any atom is 0.258 e. The van der Waals surface area contributed by atoms with Crippen molar-refractivity contribution in [2.24, 2.45) is 0 Å². The summed E-state index contributed by atoms with van der Waals surface area (Å²) in [5, 5.41) is 6.59. The molecule has 0 saturated carbocycles. The lowest BCUT2D eigenvalue weighted by Gasteiger charge is -2.08. The number of benzene rings is 3. The van der Waals surface area contributed by atoms with Gasteiger partial charge in [0.1, 0.15) is 0 Å². The number of nitrogens with one attached hydrogen (secondary N) is 2. The molecule has 0 heterocycles. The maximum atomic E-state index is 12.3. The number of anilines is 1. The van der Waals surface area contributed by atoms with Gasteiger partial charge in [-0.3, -0.25) is 14.9 Å². The quantitative estimate of drug-likeness (QED) is 0.126. The number of hydrogen-bond acceptors (Lipinski definition) is 3. The minimum atomic E-state index is -0.395. The zero-order valence-electron chi connectivity index (χ0n) is 22.0. The molecular formula is C33H37ClN2O2. The van der Waals surface area contributed by atoms with Crippen LogP contribution in [-0.2, 0) is 0 Å². The summed E-state index contributed by atoms with van der Waals surface area (Å²) in [5.41, 5.74) is 2.94. The molecule has 38 heavy (non-hydrogen) atoms. The van der Waals surface area contributed by atoms with Crippen molar-refractivity contribution >= 4 is 29.1 Å². The van der Waals surface area contributed by atoms with Gasteiger partial charge in [0.2, 0.25) is 0 Å². The SMILES string of the molecule is O=C(NC(=O)c1ccc(NCCCCCCCCCCCC#Cc2ccc(Cl)cc2)cc1)c1ccccc1. The minimum absolute atomic E-state index is 0.395. The first kappa shape index (κ1) is 29.0. The molecule has 2 N–H and O–H groups in total. The largest absolute Gasteiger partial charge is 0.385 e. The topological polar surface area (TPSA) is 58.2 Å². The Morgan fingerprint density at radius 2 is 1.18 bits per heavy atom. The van der Waals surface area contributed by atoms with Crippen molar-refractivity contribution in [3.05, 3.63) is 101 Å². The summed E-state index contributed by atoms with van der Waals surface area (Å²) in [7, 11) is 0. The molecule has 0 aliphatic heterocycles. The van der Waals surface area contributed by atoms with Crippen LogP contribution in [0.1, 0.15) is 90.5 Å². The molecule has 0 aliphatic rings. The number of carbonyl (C=O) groups is 2. The van der Waals surface area contributed by atoms with Gasteiger partial charge in [0.25, 0.3) is 11.8 Å². The third kappa shape index (κ3) is 11.2. The molecule has 0 saturated heterocycles. The van der Waals surface area contributed by atoms with Crippen LogP contribution in [0.2, 0.25) is 5.02 Å². The van der Waals surface area contributed by atoms with Crippen LogP contribution in [0.5, 0.6) is 0 Å². The Morgan fingerprint density at radius 3 is 1.82 bits per heavy atom. The Balaban J connectivity index is 1.16. The van der Waals surface area contributed by atoms with Crippen molar-refractivity contribution < 1.29 is 9.59 Å². The van der Waals surface area contributed by atoms with Crippen molar-refractivity contribution in [1.82, 2.24) is 5.32 Å². The van der Waals surface area contributed by atoms with Crippen LogP contribution in [0, 0.1) is 11.8 Å². The fourth-order valence-electron chi connectivity index (χ4n) is 4.08. The average molecular weight is 529 g/mol. The monoisotopic (exact) mass is 528 g/mol. The second-order valence-electron chi connectivity index (χ2n) is 9.39. The van der Waals surface area contributed by atoms with Gasteiger partial charge in [-0.2, -0.15) is 0 Å². The van der Waals surface area contributed by atoms with Crippen molar-refractivity contribution in [2.75, 3.05) is 11.9 Å². The van der Waals surface area contributed by atoms with E-state index in [-0.39, 0.29) is 0 Å². The highest BCUT2D eigenvalue weighted by Crippen LogP contribution is 2.13. The fourth-order valence-corrected chi connectivity index (χ4v) is 4.21. The Labute approximate surface area is 232 Å². The van der Waals surface area contributed by atoms with Gasteiger partial charge in [-0.15, -0.1) is 0 Å². The summed E-state index contributed by atoms with van der Waals surface area (Å²) >= 11 is 5.89. The number of halogens is 1. The molecule has 2 amide bonds. The predicted octanol–water partition coefficient (Wildman–Crippen LogP) is 8.27. The van der Waals surface area contributed by atoms with E-state index in [9.17, 15) is 9.59 Å². The lowest BCUT2D eigenvalue weighted by molar-refractivity contribution is 0.0849. The second-order valence-corrected chi connectivity index (χ2v) is 9.83. The van der Waals surface area contributed by atoms with E-state index >= 15 is 0 Å². The van der Waals surface area contributed by atoms with Gasteiger partial charge in [-0.25, -0.2) is 0 Å². The number of amides is 2. The van der Waals surface area contributed by atoms with E-state index < -0.39 is 11.8 Å². The molecular weight excluding hydrogens is 492 g/mol. The van der Waals surface area contributed by atoms with Gasteiger partial charge < -0.3 is 5.32 Å². The van der Waals surface area contributed by atoms with Gasteiger partial charge >= 0.3 is 0 Å². The van der Waals surface area contributed by atoms with Crippen LogP contribution < -0.4 is 10.6 Å². The van der Waals surface area contributed by atoms with Crippen molar-refractivity contribution in [1.29, 1.82) is 0 Å². The normalized spacial score (nSPS) is 10.3. The fraction of sp³-hybridized carbons (Fsp3) is 0.333. The first-order valence-corrected chi connectivity index (χ1v) is 14.0. The van der Waals surface area contributed by atoms with Crippen LogP contribution in [0.4, 0.5) is 5.69 Å². The summed E-state index contributed by atoms with van der Waals surface area (Å²) < 4.78 is 0. The summed E-state index contributed by atoms with van der Waals surface area (Å²) in [6.45, 7) is 0.912. The Bertz CT molecular complexity index is 1180. The maximum absolute atomic E-state index is 12.3. The molecule has 0 bridgehead atoms. The summed E-state index contributed by atoms with van der Waals surface area (Å²) in [5.74, 6) is 5.66. The van der Waals surface area contributed by atoms with E-state index in [2.05, 4.69) is 22.5 Å². The number of carbonyl (C=O) groups excluding carboxylic acids is 2. The molecule has 3 rings (SSSR count). The first-order valence-electron chi connectivity index (χ1n) is 13.6. The van der Waals surface area contributed by atoms with Gasteiger partial charge in [-0.05, 0) is 73.5 Å². The molecule has 0 atom stereocenters. The van der Waals surface area contributed by atoms with E-state index in [1.807, 2.05) is 42.5 Å². The summed E-state index contributed by atoms with van der Waals surface area (Å²) in [4.78, 5) is 24.5. The highest BCUT2D eigenvalue weighted by Gasteiger charge is 2.11. The Hall–Kier alpha value is -3.55. The molecule has 0 radical (unpaired) electrons. The third-order valence-electron chi connectivity index (χ3n) is 6.29. The minimum Gasteiger partial charge on any atom is -0.385 e. The van der Waals surface area contributed by atoms with Crippen LogP contribution in [0.25, 0.3) is 0 Å².